The molecule has 17 heavy (non-hydrogen) atoms. The molecule has 0 aliphatic heterocycles. The summed E-state index contributed by atoms with van der Waals surface area (Å²) in [5.41, 5.74) is 6.51. The third kappa shape index (κ3) is 4.38. The van der Waals surface area contributed by atoms with Gasteiger partial charge in [-0.1, -0.05) is 24.4 Å². The molecule has 1 aromatic rings. The van der Waals surface area contributed by atoms with Gasteiger partial charge in [-0.05, 0) is 20.0 Å². The van der Waals surface area contributed by atoms with Gasteiger partial charge >= 0.3 is 0 Å². The molecule has 0 fully saturated rings. The van der Waals surface area contributed by atoms with Crippen LogP contribution in [0.2, 0.25) is 0 Å². The highest BCUT2D eigenvalue weighted by Crippen LogP contribution is 2.12. The molecule has 94 valence electrons. The van der Waals surface area contributed by atoms with Gasteiger partial charge in [-0.2, -0.15) is 0 Å². The van der Waals surface area contributed by atoms with E-state index in [0.29, 0.717) is 24.2 Å². The molecule has 0 spiro atoms. The molecule has 1 aromatic carbocycles. The summed E-state index contributed by atoms with van der Waals surface area (Å²) in [5.74, 6) is -0.326. The number of benzene rings is 1. The molecule has 0 radical (unpaired) electrons. The van der Waals surface area contributed by atoms with E-state index in [1.54, 1.807) is 19.1 Å². The lowest BCUT2D eigenvalue weighted by Crippen LogP contribution is -2.27. The van der Waals surface area contributed by atoms with Crippen molar-refractivity contribution in [2.75, 3.05) is 13.6 Å². The van der Waals surface area contributed by atoms with Gasteiger partial charge in [-0.3, -0.25) is 4.90 Å². The number of aliphatic hydroxyl groups excluding tert-OH is 1. The molecule has 1 unspecified atom stereocenters. The van der Waals surface area contributed by atoms with Crippen LogP contribution in [0.5, 0.6) is 0 Å². The fraction of sp³-hybridized carbons (Fsp3) is 0.417. The van der Waals surface area contributed by atoms with E-state index in [4.69, 9.17) is 18.0 Å². The number of likely N-dealkylation sites (N-methyl/N-ethyl adjacent to an activating group) is 1. The lowest BCUT2D eigenvalue weighted by Gasteiger charge is -2.18. The normalized spacial score (nSPS) is 12.8. The van der Waals surface area contributed by atoms with E-state index in [1.807, 2.05) is 11.9 Å². The van der Waals surface area contributed by atoms with E-state index < -0.39 is 6.10 Å². The number of nitrogens with zero attached hydrogens (tertiary/aromatic N) is 1. The highest BCUT2D eigenvalue weighted by molar-refractivity contribution is 7.80. The summed E-state index contributed by atoms with van der Waals surface area (Å²) in [4.78, 5) is 2.04. The van der Waals surface area contributed by atoms with E-state index in [1.165, 1.54) is 6.07 Å². The first-order valence-electron chi connectivity index (χ1n) is 5.35. The first-order valence-corrected chi connectivity index (χ1v) is 5.76. The van der Waals surface area contributed by atoms with Crippen molar-refractivity contribution in [3.05, 3.63) is 35.1 Å². The Kier molecular flexibility index (Phi) is 4.99. The molecular weight excluding hydrogens is 239 g/mol. The predicted octanol–water partition coefficient (Wildman–Crippen LogP) is 1.27. The van der Waals surface area contributed by atoms with Crippen LogP contribution in [0.25, 0.3) is 0 Å². The molecule has 0 aromatic heterocycles. The molecule has 0 aliphatic carbocycles. The average molecular weight is 256 g/mol. The number of thiocarbonyl (C=S) groups is 1. The summed E-state index contributed by atoms with van der Waals surface area (Å²) in [5, 5.41) is 9.22. The maximum atomic E-state index is 13.7. The van der Waals surface area contributed by atoms with Gasteiger partial charge in [0.05, 0.1) is 6.10 Å². The Bertz CT molecular complexity index is 409. The molecule has 0 heterocycles. The van der Waals surface area contributed by atoms with Gasteiger partial charge in [0.2, 0.25) is 0 Å². The third-order valence-corrected chi connectivity index (χ3v) is 2.59. The molecule has 1 atom stereocenters. The SMILES string of the molecule is CC(O)CN(C)Cc1ccc(C(N)=S)cc1F. The fourth-order valence-electron chi connectivity index (χ4n) is 1.64. The van der Waals surface area contributed by atoms with Gasteiger partial charge in [0.1, 0.15) is 10.8 Å². The number of nitrogens with two attached hydrogens (primary N) is 1. The van der Waals surface area contributed by atoms with Crippen LogP contribution in [-0.2, 0) is 6.54 Å². The zero-order valence-corrected chi connectivity index (χ0v) is 10.8. The van der Waals surface area contributed by atoms with Crippen molar-refractivity contribution in [2.45, 2.75) is 19.6 Å². The molecule has 1 rings (SSSR count). The Morgan fingerprint density at radius 2 is 2.24 bits per heavy atom. The molecule has 3 N–H and O–H groups in total. The minimum absolute atomic E-state index is 0.188. The van der Waals surface area contributed by atoms with Crippen molar-refractivity contribution >= 4 is 17.2 Å². The van der Waals surface area contributed by atoms with Crippen LogP contribution >= 0.6 is 12.2 Å². The van der Waals surface area contributed by atoms with Crippen molar-refractivity contribution in [2.24, 2.45) is 5.73 Å². The Labute approximate surface area is 106 Å². The van der Waals surface area contributed by atoms with Gasteiger partial charge in [0, 0.05) is 24.2 Å². The summed E-state index contributed by atoms with van der Waals surface area (Å²) in [6.07, 6.45) is -0.432. The van der Waals surface area contributed by atoms with Crippen LogP contribution < -0.4 is 5.73 Å². The molecule has 3 nitrogen and oxygen atoms in total. The van der Waals surface area contributed by atoms with Crippen LogP contribution in [0.15, 0.2) is 18.2 Å². The van der Waals surface area contributed by atoms with Crippen molar-refractivity contribution in [1.29, 1.82) is 0 Å². The van der Waals surface area contributed by atoms with Crippen LogP contribution in [-0.4, -0.2) is 34.7 Å². The van der Waals surface area contributed by atoms with Gasteiger partial charge in [-0.15, -0.1) is 0 Å². The number of hydrogen-bond donors (Lipinski definition) is 2. The fourth-order valence-corrected chi connectivity index (χ4v) is 1.76. The second-order valence-electron chi connectivity index (χ2n) is 4.22. The third-order valence-electron chi connectivity index (χ3n) is 2.35. The van der Waals surface area contributed by atoms with Crippen molar-refractivity contribution in [1.82, 2.24) is 4.90 Å². The Balaban J connectivity index is 2.75. The summed E-state index contributed by atoms with van der Waals surface area (Å²) in [7, 11) is 1.83. The van der Waals surface area contributed by atoms with Gasteiger partial charge in [0.15, 0.2) is 0 Å². The molecule has 0 saturated heterocycles. The van der Waals surface area contributed by atoms with Crippen molar-refractivity contribution in [3.63, 3.8) is 0 Å². The summed E-state index contributed by atoms with van der Waals surface area (Å²) in [6, 6.07) is 4.72. The number of rotatable bonds is 5. The summed E-state index contributed by atoms with van der Waals surface area (Å²) in [6.45, 7) is 2.63. The van der Waals surface area contributed by atoms with E-state index in [9.17, 15) is 9.50 Å². The first kappa shape index (κ1) is 14.0. The molecule has 0 aliphatic rings. The van der Waals surface area contributed by atoms with Crippen LogP contribution in [0.3, 0.4) is 0 Å². The largest absolute Gasteiger partial charge is 0.392 e. The lowest BCUT2D eigenvalue weighted by molar-refractivity contribution is 0.137. The Hall–Kier alpha value is -1.04. The monoisotopic (exact) mass is 256 g/mol. The van der Waals surface area contributed by atoms with Gasteiger partial charge in [0.25, 0.3) is 0 Å². The predicted molar refractivity (Wildman–Crippen MR) is 70.3 cm³/mol. The minimum atomic E-state index is -0.432. The topological polar surface area (TPSA) is 49.5 Å². The Morgan fingerprint density at radius 3 is 2.71 bits per heavy atom. The number of aliphatic hydroxyl groups is 1. The van der Waals surface area contributed by atoms with E-state index in [-0.39, 0.29) is 10.8 Å². The van der Waals surface area contributed by atoms with E-state index in [2.05, 4.69) is 0 Å². The van der Waals surface area contributed by atoms with Crippen molar-refractivity contribution in [3.8, 4) is 0 Å². The number of halogens is 1. The zero-order valence-electron chi connectivity index (χ0n) is 9.98. The van der Waals surface area contributed by atoms with Gasteiger partial charge < -0.3 is 10.8 Å². The summed E-state index contributed by atoms with van der Waals surface area (Å²) < 4.78 is 13.7. The summed E-state index contributed by atoms with van der Waals surface area (Å²) >= 11 is 4.78. The zero-order chi connectivity index (χ0) is 13.0. The van der Waals surface area contributed by atoms with Gasteiger partial charge in [-0.25, -0.2) is 4.39 Å². The molecule has 5 heteroatoms. The quantitative estimate of drug-likeness (QED) is 0.779. The molecule has 0 saturated carbocycles. The number of hydrogen-bond acceptors (Lipinski definition) is 3. The first-order chi connectivity index (χ1) is 7.90. The maximum absolute atomic E-state index is 13.7. The second kappa shape index (κ2) is 6.05. The average Bonchev–Trinajstić information content (AvgIpc) is 2.19. The maximum Gasteiger partial charge on any atom is 0.128 e. The van der Waals surface area contributed by atoms with Crippen LogP contribution in [0, 0.1) is 5.82 Å². The van der Waals surface area contributed by atoms with Crippen LogP contribution in [0.4, 0.5) is 4.39 Å². The molecule has 0 bridgehead atoms. The molecular formula is C12H17FN2OS. The highest BCUT2D eigenvalue weighted by atomic mass is 32.1. The highest BCUT2D eigenvalue weighted by Gasteiger charge is 2.09. The van der Waals surface area contributed by atoms with Crippen molar-refractivity contribution < 1.29 is 9.50 Å². The standard InChI is InChI=1S/C12H17FN2OS/c1-8(16)6-15(2)7-10-4-3-9(12(14)17)5-11(10)13/h3-5,8,16H,6-7H2,1-2H3,(H2,14,17). The van der Waals surface area contributed by atoms with E-state index in [0.717, 1.165) is 0 Å². The second-order valence-corrected chi connectivity index (χ2v) is 4.66. The molecule has 0 amide bonds. The Morgan fingerprint density at radius 1 is 1.59 bits per heavy atom. The minimum Gasteiger partial charge on any atom is -0.392 e. The van der Waals surface area contributed by atoms with E-state index >= 15 is 0 Å². The van der Waals surface area contributed by atoms with Crippen LogP contribution in [0.1, 0.15) is 18.1 Å². The smallest absolute Gasteiger partial charge is 0.128 e. The lowest BCUT2D eigenvalue weighted by atomic mass is 10.1.